The molecule has 2 atom stereocenters. The van der Waals surface area contributed by atoms with Crippen LogP contribution in [0.15, 0.2) is 170 Å². The fraction of sp³-hybridized carbons (Fsp3) is 0.589. The number of nitrogens with two attached hydrogens (primary N) is 1. The van der Waals surface area contributed by atoms with E-state index in [1.807, 2.05) is 0 Å². The Kier molecular flexibility index (Phi) is 62.8. The largest absolute Gasteiger partial charge is 0.472 e. The topological polar surface area (TPSA) is 134 Å². The minimum atomic E-state index is -4.41. The number of hydrogen-bond acceptors (Lipinski definition) is 8. The average Bonchev–Trinajstić information content (AvgIpc) is 3.49. The Morgan fingerprint density at radius 2 is 0.627 bits per heavy atom. The molecule has 0 radical (unpaired) electrons. The van der Waals surface area contributed by atoms with Crippen molar-refractivity contribution in [3.05, 3.63) is 170 Å². The Morgan fingerprint density at radius 1 is 0.361 bits per heavy atom. The summed E-state index contributed by atoms with van der Waals surface area (Å²) < 4.78 is 33.1. The molecule has 468 valence electrons. The number of esters is 2. The number of hydrogen-bond donors (Lipinski definition) is 2. The molecule has 0 amide bonds. The molecule has 0 fully saturated rings. The summed E-state index contributed by atoms with van der Waals surface area (Å²) in [6.07, 6.45) is 98.5. The highest BCUT2D eigenvalue weighted by molar-refractivity contribution is 7.47. The number of unbranched alkanes of at least 4 members (excludes halogenated alkanes) is 18. The minimum absolute atomic E-state index is 0.0433. The maximum atomic E-state index is 12.7. The molecule has 0 aromatic carbocycles. The Bertz CT molecular complexity index is 1960. The lowest BCUT2D eigenvalue weighted by Crippen LogP contribution is -2.29. The van der Waals surface area contributed by atoms with E-state index in [2.05, 4.69) is 184 Å². The molecule has 0 rings (SSSR count). The molecular weight excluding hydrogens is 1050 g/mol. The van der Waals surface area contributed by atoms with Crippen LogP contribution in [0.4, 0.5) is 0 Å². The quantitative estimate of drug-likeness (QED) is 0.0264. The van der Waals surface area contributed by atoms with Gasteiger partial charge in [0.2, 0.25) is 0 Å². The van der Waals surface area contributed by atoms with E-state index in [1.165, 1.54) is 64.2 Å². The monoisotopic (exact) mass is 1170 g/mol. The van der Waals surface area contributed by atoms with Crippen molar-refractivity contribution in [1.29, 1.82) is 0 Å². The van der Waals surface area contributed by atoms with E-state index in [0.29, 0.717) is 12.8 Å². The Morgan fingerprint density at radius 3 is 0.928 bits per heavy atom. The molecule has 83 heavy (non-hydrogen) atoms. The molecule has 0 aromatic rings. The second-order valence-corrected chi connectivity index (χ2v) is 22.3. The van der Waals surface area contributed by atoms with Crippen LogP contribution in [0.1, 0.15) is 245 Å². The fourth-order valence-electron chi connectivity index (χ4n) is 8.36. The van der Waals surface area contributed by atoms with E-state index in [4.69, 9.17) is 24.3 Å². The van der Waals surface area contributed by atoms with Crippen LogP contribution < -0.4 is 5.73 Å². The molecule has 0 heterocycles. The van der Waals surface area contributed by atoms with Gasteiger partial charge in [-0.2, -0.15) is 0 Å². The lowest BCUT2D eigenvalue weighted by Gasteiger charge is -2.19. The van der Waals surface area contributed by atoms with Crippen LogP contribution in [0.3, 0.4) is 0 Å². The predicted molar refractivity (Wildman–Crippen MR) is 357 cm³/mol. The van der Waals surface area contributed by atoms with E-state index in [1.54, 1.807) is 0 Å². The van der Waals surface area contributed by atoms with Gasteiger partial charge in [0, 0.05) is 19.4 Å². The van der Waals surface area contributed by atoms with Gasteiger partial charge in [0.25, 0.3) is 0 Å². The van der Waals surface area contributed by atoms with Gasteiger partial charge in [0.1, 0.15) is 6.61 Å². The van der Waals surface area contributed by atoms with E-state index in [0.717, 1.165) is 141 Å². The summed E-state index contributed by atoms with van der Waals surface area (Å²) in [7, 11) is -4.41. The zero-order valence-electron chi connectivity index (χ0n) is 52.4. The van der Waals surface area contributed by atoms with Crippen LogP contribution in [-0.4, -0.2) is 49.3 Å². The summed E-state index contributed by atoms with van der Waals surface area (Å²) in [5.74, 6) is -0.851. The summed E-state index contributed by atoms with van der Waals surface area (Å²) >= 11 is 0. The van der Waals surface area contributed by atoms with Gasteiger partial charge in [-0.3, -0.25) is 18.6 Å². The van der Waals surface area contributed by atoms with Gasteiger partial charge >= 0.3 is 19.8 Å². The SMILES string of the molecule is CC/C=C\C/C=C\C/C=C\C/C=C\C/C=C\C/C=C\C/C=C\C/C=C\C/C=C\C/C=C\CCCCCCCCCCCCC(=O)OC(COC(=O)CCCCCCCCCC/C=C\C/C=C\C/C=C\C/C=C\CC)COP(=O)(O)OCCN. The van der Waals surface area contributed by atoms with Gasteiger partial charge in [0.15, 0.2) is 6.10 Å². The van der Waals surface area contributed by atoms with Crippen LogP contribution in [0.5, 0.6) is 0 Å². The number of rotatable bonds is 59. The molecule has 3 N–H and O–H groups in total. The Hall–Kier alpha value is -4.63. The van der Waals surface area contributed by atoms with Crippen molar-refractivity contribution in [2.24, 2.45) is 5.73 Å². The van der Waals surface area contributed by atoms with Crippen LogP contribution in [0.25, 0.3) is 0 Å². The first kappa shape index (κ1) is 78.4. The van der Waals surface area contributed by atoms with E-state index < -0.39 is 32.5 Å². The molecule has 2 unspecified atom stereocenters. The third kappa shape index (κ3) is 66.4. The van der Waals surface area contributed by atoms with Crippen LogP contribution in [-0.2, 0) is 32.7 Å². The number of carbonyl (C=O) groups is 2. The first-order chi connectivity index (χ1) is 40.8. The molecule has 0 aliphatic carbocycles. The van der Waals surface area contributed by atoms with Crippen molar-refractivity contribution in [2.75, 3.05) is 26.4 Å². The third-order valence-electron chi connectivity index (χ3n) is 13.1. The van der Waals surface area contributed by atoms with Crippen molar-refractivity contribution in [3.63, 3.8) is 0 Å². The first-order valence-corrected chi connectivity index (χ1v) is 34.1. The van der Waals surface area contributed by atoms with Gasteiger partial charge in [-0.25, -0.2) is 4.57 Å². The molecular formula is C73H118NO8P. The van der Waals surface area contributed by atoms with Crippen molar-refractivity contribution in [2.45, 2.75) is 251 Å². The number of carbonyl (C=O) groups excluding carboxylic acids is 2. The minimum Gasteiger partial charge on any atom is -0.462 e. The highest BCUT2D eigenvalue weighted by atomic mass is 31.2. The second-order valence-electron chi connectivity index (χ2n) is 20.9. The predicted octanol–water partition coefficient (Wildman–Crippen LogP) is 21.4. The first-order valence-electron chi connectivity index (χ1n) is 32.6. The summed E-state index contributed by atoms with van der Waals surface area (Å²) in [4.78, 5) is 35.3. The molecule has 0 aromatic heterocycles. The van der Waals surface area contributed by atoms with E-state index in [9.17, 15) is 19.0 Å². The maximum absolute atomic E-state index is 12.7. The molecule has 0 aliphatic rings. The highest BCUT2D eigenvalue weighted by Gasteiger charge is 2.26. The lowest BCUT2D eigenvalue weighted by atomic mass is 10.0. The summed E-state index contributed by atoms with van der Waals surface area (Å²) in [6.45, 7) is 3.49. The number of phosphoric ester groups is 1. The number of phosphoric acid groups is 1. The van der Waals surface area contributed by atoms with E-state index >= 15 is 0 Å². The second kappa shape index (κ2) is 66.5. The van der Waals surface area contributed by atoms with Crippen LogP contribution in [0, 0.1) is 0 Å². The molecule has 0 aliphatic heterocycles. The van der Waals surface area contributed by atoms with Gasteiger partial charge in [-0.05, 0) is 128 Å². The van der Waals surface area contributed by atoms with Crippen molar-refractivity contribution in [1.82, 2.24) is 0 Å². The summed E-state index contributed by atoms with van der Waals surface area (Å²) in [6, 6.07) is 0. The Balaban J connectivity index is 3.98. The highest BCUT2D eigenvalue weighted by Crippen LogP contribution is 2.43. The van der Waals surface area contributed by atoms with Gasteiger partial charge < -0.3 is 20.1 Å². The fourth-order valence-corrected chi connectivity index (χ4v) is 9.13. The van der Waals surface area contributed by atoms with E-state index in [-0.39, 0.29) is 32.6 Å². The molecule has 9 nitrogen and oxygen atoms in total. The van der Waals surface area contributed by atoms with Crippen molar-refractivity contribution >= 4 is 19.8 Å². The van der Waals surface area contributed by atoms with Gasteiger partial charge in [0.05, 0.1) is 13.2 Å². The third-order valence-corrected chi connectivity index (χ3v) is 14.1. The van der Waals surface area contributed by atoms with Crippen molar-refractivity contribution in [3.8, 4) is 0 Å². The standard InChI is InChI=1S/C73H118NO8P/c1-3-5-7-9-11-13-15-17-19-21-23-25-26-27-28-29-30-31-32-33-34-35-36-37-38-39-40-41-42-43-44-46-48-50-52-54-56-58-60-62-64-66-73(76)82-71(70-81-83(77,78)80-68-67-74)69-79-72(75)65-63-61-59-57-55-53-51-49-47-45-24-22-20-18-16-14-12-10-8-6-4-2/h5-8,11-14,17-20,23-25,27-28,30-31,33-34,36-37,39-40,42-43,45,71H,3-4,9-10,15-16,21-22,26,29,32,35,38,41,44,46-70,74H2,1-2H3,(H,77,78)/b7-5-,8-6-,13-11-,14-12-,19-17-,20-18-,25-23-,28-27-,31-30-,34-33-,37-36-,40-39-,43-42-,45-24-. The Labute approximate surface area is 508 Å². The molecule has 10 heteroatoms. The van der Waals surface area contributed by atoms with Crippen molar-refractivity contribution < 1.29 is 37.6 Å². The number of allylic oxidation sites excluding steroid dienone is 28. The molecule has 0 saturated heterocycles. The zero-order chi connectivity index (χ0) is 60.1. The molecule has 0 bridgehead atoms. The smallest absolute Gasteiger partial charge is 0.462 e. The molecule has 0 saturated carbocycles. The lowest BCUT2D eigenvalue weighted by molar-refractivity contribution is -0.161. The van der Waals surface area contributed by atoms with Gasteiger partial charge in [-0.1, -0.05) is 274 Å². The zero-order valence-corrected chi connectivity index (χ0v) is 53.3. The average molecular weight is 1170 g/mol. The summed E-state index contributed by atoms with van der Waals surface area (Å²) in [5.41, 5.74) is 5.39. The summed E-state index contributed by atoms with van der Waals surface area (Å²) in [5, 5.41) is 0. The van der Waals surface area contributed by atoms with Crippen LogP contribution in [0.2, 0.25) is 0 Å². The normalized spacial score (nSPS) is 14.1. The van der Waals surface area contributed by atoms with Gasteiger partial charge in [-0.15, -0.1) is 0 Å². The maximum Gasteiger partial charge on any atom is 0.472 e. The van der Waals surface area contributed by atoms with Crippen LogP contribution >= 0.6 is 7.82 Å². The molecule has 0 spiro atoms. The number of ether oxygens (including phenoxy) is 2.